The Balaban J connectivity index is 1.90. The van der Waals surface area contributed by atoms with Crippen molar-refractivity contribution in [3.8, 4) is 17.2 Å². The third-order valence-electron chi connectivity index (χ3n) is 4.88. The first kappa shape index (κ1) is 23.1. The lowest BCUT2D eigenvalue weighted by atomic mass is 10.0. The monoisotopic (exact) mass is 458 g/mol. The number of ether oxygens (including phenoxy) is 3. The molecule has 0 spiro atoms. The highest BCUT2D eigenvalue weighted by atomic mass is 35.5. The number of hydrogen-bond donors (Lipinski definition) is 1. The molecule has 10 heteroatoms. The van der Waals surface area contributed by atoms with E-state index in [1.165, 1.54) is 26.0 Å². The number of rotatable bonds is 8. The molecule has 32 heavy (non-hydrogen) atoms. The molecule has 1 heterocycles. The molecule has 0 radical (unpaired) electrons. The molecule has 1 atom stereocenters. The Morgan fingerprint density at radius 2 is 1.84 bits per heavy atom. The van der Waals surface area contributed by atoms with Crippen LogP contribution in [-0.2, 0) is 9.53 Å². The van der Waals surface area contributed by atoms with Crippen LogP contribution in [0.15, 0.2) is 42.5 Å². The summed E-state index contributed by atoms with van der Waals surface area (Å²) in [7, 11) is 4.32. The fraction of sp³-hybridized carbons (Fsp3) is 0.273. The quantitative estimate of drug-likeness (QED) is 0.516. The number of amides is 1. The third-order valence-corrected chi connectivity index (χ3v) is 5.11. The van der Waals surface area contributed by atoms with Crippen molar-refractivity contribution in [2.45, 2.75) is 19.4 Å². The number of methoxy groups -OCH3 is 3. The van der Waals surface area contributed by atoms with Crippen molar-refractivity contribution >= 4 is 23.5 Å². The molecule has 1 aromatic heterocycles. The van der Waals surface area contributed by atoms with Crippen LogP contribution in [-0.4, -0.2) is 48.2 Å². The van der Waals surface area contributed by atoms with Gasteiger partial charge in [-0.2, -0.15) is 0 Å². The average molecular weight is 459 g/mol. The topological polar surface area (TPSA) is 105 Å². The van der Waals surface area contributed by atoms with E-state index in [4.69, 9.17) is 25.8 Å². The van der Waals surface area contributed by atoms with Gasteiger partial charge in [0.15, 0.2) is 17.2 Å². The van der Waals surface area contributed by atoms with Gasteiger partial charge in [-0.05, 0) is 42.8 Å². The highest BCUT2D eigenvalue weighted by Crippen LogP contribution is 2.31. The van der Waals surface area contributed by atoms with Gasteiger partial charge in [0.1, 0.15) is 0 Å². The van der Waals surface area contributed by atoms with Gasteiger partial charge in [0.25, 0.3) is 5.91 Å². The molecule has 0 saturated heterocycles. The molecule has 9 nitrogen and oxygen atoms in total. The summed E-state index contributed by atoms with van der Waals surface area (Å²) in [6.45, 7) is 1.72. The molecule has 2 aromatic carbocycles. The zero-order valence-electron chi connectivity index (χ0n) is 18.1. The molecule has 3 rings (SSSR count). The summed E-state index contributed by atoms with van der Waals surface area (Å²) < 4.78 is 16.9. The summed E-state index contributed by atoms with van der Waals surface area (Å²) in [4.78, 5) is 25.1. The van der Waals surface area contributed by atoms with Gasteiger partial charge in [0.05, 0.1) is 45.2 Å². The summed E-state index contributed by atoms with van der Waals surface area (Å²) in [6.07, 6.45) is -0.0841. The van der Waals surface area contributed by atoms with Crippen molar-refractivity contribution in [1.29, 1.82) is 0 Å². The molecule has 1 unspecified atom stereocenters. The van der Waals surface area contributed by atoms with Crippen molar-refractivity contribution in [1.82, 2.24) is 20.3 Å². The van der Waals surface area contributed by atoms with Crippen molar-refractivity contribution in [2.24, 2.45) is 0 Å². The van der Waals surface area contributed by atoms with E-state index in [1.807, 2.05) is 0 Å². The van der Waals surface area contributed by atoms with Crippen LogP contribution in [0.1, 0.15) is 34.2 Å². The Morgan fingerprint density at radius 1 is 1.09 bits per heavy atom. The van der Waals surface area contributed by atoms with Crippen LogP contribution in [0.3, 0.4) is 0 Å². The Morgan fingerprint density at radius 3 is 2.50 bits per heavy atom. The van der Waals surface area contributed by atoms with E-state index in [0.717, 1.165) is 0 Å². The summed E-state index contributed by atoms with van der Waals surface area (Å²) in [5.41, 5.74) is 1.96. The maximum atomic E-state index is 13.0. The first-order valence-corrected chi connectivity index (χ1v) is 10.0. The molecule has 0 saturated carbocycles. The van der Waals surface area contributed by atoms with Crippen LogP contribution in [0, 0.1) is 6.92 Å². The molecular weight excluding hydrogens is 436 g/mol. The van der Waals surface area contributed by atoms with Crippen LogP contribution in [0.2, 0.25) is 5.02 Å². The number of halogens is 1. The molecular formula is C22H23ClN4O5. The molecule has 0 aliphatic carbocycles. The van der Waals surface area contributed by atoms with Crippen LogP contribution in [0.4, 0.5) is 0 Å². The van der Waals surface area contributed by atoms with Crippen molar-refractivity contribution in [3.05, 3.63) is 64.4 Å². The van der Waals surface area contributed by atoms with Gasteiger partial charge in [-0.3, -0.25) is 9.59 Å². The summed E-state index contributed by atoms with van der Waals surface area (Å²) in [6, 6.07) is 11.5. The van der Waals surface area contributed by atoms with Crippen LogP contribution < -0.4 is 14.8 Å². The lowest BCUT2D eigenvalue weighted by Crippen LogP contribution is -2.31. The van der Waals surface area contributed by atoms with Gasteiger partial charge < -0.3 is 19.5 Å². The van der Waals surface area contributed by atoms with Gasteiger partial charge >= 0.3 is 5.97 Å². The lowest BCUT2D eigenvalue weighted by Gasteiger charge is -2.19. The fourth-order valence-electron chi connectivity index (χ4n) is 3.19. The Bertz CT molecular complexity index is 1130. The number of benzene rings is 2. The van der Waals surface area contributed by atoms with Crippen LogP contribution in [0.25, 0.3) is 5.69 Å². The minimum absolute atomic E-state index is 0.0841. The van der Waals surface area contributed by atoms with E-state index < -0.39 is 17.9 Å². The van der Waals surface area contributed by atoms with Gasteiger partial charge in [0.2, 0.25) is 0 Å². The number of aromatic nitrogens is 3. The van der Waals surface area contributed by atoms with Crippen molar-refractivity contribution in [3.63, 3.8) is 0 Å². The number of nitrogens with one attached hydrogen (secondary N) is 1. The minimum Gasteiger partial charge on any atom is -0.493 e. The molecule has 1 N–H and O–H groups in total. The smallest absolute Gasteiger partial charge is 0.307 e. The first-order valence-electron chi connectivity index (χ1n) is 9.65. The van der Waals surface area contributed by atoms with E-state index in [0.29, 0.717) is 33.5 Å². The molecule has 168 valence electrons. The molecule has 0 bridgehead atoms. The summed E-state index contributed by atoms with van der Waals surface area (Å²) in [5.74, 6) is 0.0285. The van der Waals surface area contributed by atoms with Gasteiger partial charge in [-0.25, -0.2) is 4.68 Å². The molecule has 0 aliphatic heterocycles. The highest BCUT2D eigenvalue weighted by molar-refractivity contribution is 6.30. The maximum absolute atomic E-state index is 13.0. The molecule has 0 aliphatic rings. The largest absolute Gasteiger partial charge is 0.493 e. The van der Waals surface area contributed by atoms with E-state index >= 15 is 0 Å². The third kappa shape index (κ3) is 5.00. The zero-order valence-corrected chi connectivity index (χ0v) is 18.8. The minimum atomic E-state index is -0.689. The van der Waals surface area contributed by atoms with Gasteiger partial charge in [-0.1, -0.05) is 28.9 Å². The Kier molecular flexibility index (Phi) is 7.32. The van der Waals surface area contributed by atoms with E-state index in [9.17, 15) is 9.59 Å². The number of carbonyl (C=O) groups is 2. The normalized spacial score (nSPS) is 11.5. The molecule has 0 fully saturated rings. The number of esters is 1. The average Bonchev–Trinajstić information content (AvgIpc) is 3.19. The second-order valence-corrected chi connectivity index (χ2v) is 7.27. The predicted molar refractivity (Wildman–Crippen MR) is 117 cm³/mol. The van der Waals surface area contributed by atoms with Gasteiger partial charge in [0, 0.05) is 5.02 Å². The number of nitrogens with zero attached hydrogens (tertiary/aromatic N) is 3. The number of carbonyl (C=O) groups excluding carboxylic acids is 2. The van der Waals surface area contributed by atoms with Crippen molar-refractivity contribution in [2.75, 3.05) is 21.3 Å². The standard InChI is InChI=1S/C22H23ClN4O5/c1-13-21(25-26-27(13)16-7-5-6-15(23)11-16)22(29)24-17(12-20(28)32-4)14-8-9-18(30-2)19(10-14)31-3/h5-11,17H,12H2,1-4H3,(H,24,29). The van der Waals surface area contributed by atoms with Crippen LogP contribution in [0.5, 0.6) is 11.5 Å². The number of hydrogen-bond acceptors (Lipinski definition) is 7. The Labute approximate surface area is 190 Å². The second kappa shape index (κ2) is 10.1. The summed E-state index contributed by atoms with van der Waals surface area (Å²) >= 11 is 6.06. The molecule has 3 aromatic rings. The Hall–Kier alpha value is -3.59. The molecule has 1 amide bonds. The fourth-order valence-corrected chi connectivity index (χ4v) is 3.37. The lowest BCUT2D eigenvalue weighted by molar-refractivity contribution is -0.141. The van der Waals surface area contributed by atoms with Gasteiger partial charge in [-0.15, -0.1) is 5.10 Å². The highest BCUT2D eigenvalue weighted by Gasteiger charge is 2.24. The second-order valence-electron chi connectivity index (χ2n) is 6.84. The zero-order chi connectivity index (χ0) is 23.3. The maximum Gasteiger partial charge on any atom is 0.307 e. The van der Waals surface area contributed by atoms with Crippen LogP contribution >= 0.6 is 11.6 Å². The SMILES string of the molecule is COC(=O)CC(NC(=O)c1nnn(-c2cccc(Cl)c2)c1C)c1ccc(OC)c(OC)c1. The van der Waals surface area contributed by atoms with E-state index in [-0.39, 0.29) is 12.1 Å². The van der Waals surface area contributed by atoms with E-state index in [1.54, 1.807) is 49.4 Å². The van der Waals surface area contributed by atoms with Crippen molar-refractivity contribution < 1.29 is 23.8 Å². The van der Waals surface area contributed by atoms with E-state index in [2.05, 4.69) is 15.6 Å². The summed E-state index contributed by atoms with van der Waals surface area (Å²) in [5, 5.41) is 11.5. The predicted octanol–water partition coefficient (Wildman–Crippen LogP) is 3.28. The first-order chi connectivity index (χ1) is 15.4.